The lowest BCUT2D eigenvalue weighted by molar-refractivity contribution is 0.196. The molecule has 1 aromatic carbocycles. The average Bonchev–Trinajstić information content (AvgIpc) is 2.88. The van der Waals surface area contributed by atoms with E-state index in [0.717, 1.165) is 18.4 Å². The summed E-state index contributed by atoms with van der Waals surface area (Å²) in [6, 6.07) is 3.86. The molecule has 0 radical (unpaired) electrons. The first kappa shape index (κ1) is 21.0. The number of methoxy groups -OCH3 is 2. The highest BCUT2D eigenvalue weighted by atomic mass is 31.2. The van der Waals surface area contributed by atoms with Gasteiger partial charge in [-0.25, -0.2) is 4.57 Å². The van der Waals surface area contributed by atoms with Crippen molar-refractivity contribution in [1.82, 2.24) is 5.32 Å². The van der Waals surface area contributed by atoms with E-state index in [4.69, 9.17) is 18.5 Å². The Morgan fingerprint density at radius 3 is 2.23 bits per heavy atom. The summed E-state index contributed by atoms with van der Waals surface area (Å²) in [6.45, 7) is 2.45. The molecule has 2 N–H and O–H groups in total. The predicted molar refractivity (Wildman–Crippen MR) is 100 cm³/mol. The Bertz CT molecular complexity index is 591. The molecule has 1 fully saturated rings. The number of aryl methyl sites for hydroxylation is 1. The number of rotatable bonds is 9. The molecule has 1 saturated carbocycles. The lowest BCUT2D eigenvalue weighted by Gasteiger charge is -2.19. The zero-order valence-electron chi connectivity index (χ0n) is 15.8. The maximum Gasteiger partial charge on any atom is 0.527 e. The second-order valence-electron chi connectivity index (χ2n) is 6.53. The number of nitrogens with one attached hydrogen (secondary N) is 1. The summed E-state index contributed by atoms with van der Waals surface area (Å²) < 4.78 is 33.1. The Morgan fingerprint density at radius 1 is 1.12 bits per heavy atom. The van der Waals surface area contributed by atoms with Crippen LogP contribution in [0.5, 0.6) is 17.2 Å². The van der Waals surface area contributed by atoms with E-state index in [9.17, 15) is 9.46 Å². The zero-order valence-corrected chi connectivity index (χ0v) is 16.7. The largest absolute Gasteiger partial charge is 0.527 e. The first-order valence-corrected chi connectivity index (χ1v) is 10.6. The SMILES string of the molecule is COc1cc(C)cc(OC)c1OP(=O)(O)OCCNC1CCCCCC1. The van der Waals surface area contributed by atoms with Gasteiger partial charge in [0.25, 0.3) is 0 Å². The fraction of sp³-hybridized carbons (Fsp3) is 0.667. The third-order valence-corrected chi connectivity index (χ3v) is 5.38. The van der Waals surface area contributed by atoms with Gasteiger partial charge in [0.15, 0.2) is 11.5 Å². The third kappa shape index (κ3) is 6.47. The Kier molecular flexibility index (Phi) is 8.22. The molecule has 1 aliphatic carbocycles. The van der Waals surface area contributed by atoms with Crippen molar-refractivity contribution in [2.45, 2.75) is 51.5 Å². The highest BCUT2D eigenvalue weighted by molar-refractivity contribution is 7.47. The van der Waals surface area contributed by atoms with E-state index in [2.05, 4.69) is 5.32 Å². The maximum absolute atomic E-state index is 12.3. The molecule has 0 heterocycles. The van der Waals surface area contributed by atoms with E-state index in [1.165, 1.54) is 39.9 Å². The third-order valence-electron chi connectivity index (χ3n) is 4.46. The van der Waals surface area contributed by atoms with Gasteiger partial charge in [0.2, 0.25) is 5.75 Å². The van der Waals surface area contributed by atoms with Gasteiger partial charge in [-0.05, 0) is 37.5 Å². The fourth-order valence-electron chi connectivity index (χ4n) is 3.15. The van der Waals surface area contributed by atoms with E-state index >= 15 is 0 Å². The van der Waals surface area contributed by atoms with Gasteiger partial charge in [-0.1, -0.05) is 25.7 Å². The molecule has 1 aromatic rings. The number of hydrogen-bond acceptors (Lipinski definition) is 6. The molecule has 0 saturated heterocycles. The summed E-state index contributed by atoms with van der Waals surface area (Å²) in [4.78, 5) is 10.0. The summed E-state index contributed by atoms with van der Waals surface area (Å²) in [5.74, 6) is 0.691. The molecule has 7 nitrogen and oxygen atoms in total. The Balaban J connectivity index is 1.89. The van der Waals surface area contributed by atoms with Crippen molar-refractivity contribution < 1.29 is 28.0 Å². The number of benzene rings is 1. The van der Waals surface area contributed by atoms with Crippen LogP contribution in [0.25, 0.3) is 0 Å². The molecular formula is C18H30NO6P. The van der Waals surface area contributed by atoms with E-state index in [1.807, 2.05) is 6.92 Å². The van der Waals surface area contributed by atoms with E-state index in [-0.39, 0.29) is 12.4 Å². The minimum absolute atomic E-state index is 0.0585. The molecule has 8 heteroatoms. The number of phosphoric ester groups is 1. The van der Waals surface area contributed by atoms with Crippen LogP contribution in [0.4, 0.5) is 0 Å². The molecule has 0 spiro atoms. The van der Waals surface area contributed by atoms with Crippen molar-refractivity contribution in [2.24, 2.45) is 0 Å². The smallest absolute Gasteiger partial charge is 0.493 e. The molecule has 2 rings (SSSR count). The molecule has 0 aromatic heterocycles. The van der Waals surface area contributed by atoms with Crippen molar-refractivity contribution in [3.8, 4) is 17.2 Å². The molecule has 148 valence electrons. The first-order chi connectivity index (χ1) is 12.4. The summed E-state index contributed by atoms with van der Waals surface area (Å²) in [5.41, 5.74) is 0.882. The maximum atomic E-state index is 12.3. The fourth-order valence-corrected chi connectivity index (χ4v) is 3.94. The van der Waals surface area contributed by atoms with Crippen LogP contribution in [0.1, 0.15) is 44.1 Å². The summed E-state index contributed by atoms with van der Waals surface area (Å²) >= 11 is 0. The Labute approximate surface area is 155 Å². The van der Waals surface area contributed by atoms with Crippen molar-refractivity contribution in [1.29, 1.82) is 0 Å². The lowest BCUT2D eigenvalue weighted by Crippen LogP contribution is -2.31. The van der Waals surface area contributed by atoms with E-state index in [1.54, 1.807) is 12.1 Å². The van der Waals surface area contributed by atoms with Crippen LogP contribution in [-0.2, 0) is 9.09 Å². The Morgan fingerprint density at radius 2 is 1.69 bits per heavy atom. The van der Waals surface area contributed by atoms with Gasteiger partial charge < -0.3 is 19.3 Å². The summed E-state index contributed by atoms with van der Waals surface area (Å²) in [6.07, 6.45) is 7.32. The Hall–Kier alpha value is -1.27. The lowest BCUT2D eigenvalue weighted by atomic mass is 10.1. The molecule has 0 bridgehead atoms. The van der Waals surface area contributed by atoms with Gasteiger partial charge in [-0.2, -0.15) is 0 Å². The van der Waals surface area contributed by atoms with Crippen molar-refractivity contribution in [3.05, 3.63) is 17.7 Å². The molecule has 26 heavy (non-hydrogen) atoms. The summed E-state index contributed by atoms with van der Waals surface area (Å²) in [5, 5.41) is 3.39. The quantitative estimate of drug-likeness (QED) is 0.378. The molecule has 0 amide bonds. The van der Waals surface area contributed by atoms with Crippen LogP contribution in [0.2, 0.25) is 0 Å². The van der Waals surface area contributed by atoms with Gasteiger partial charge in [0.05, 0.1) is 20.8 Å². The van der Waals surface area contributed by atoms with Crippen LogP contribution in [0, 0.1) is 6.92 Å². The van der Waals surface area contributed by atoms with Gasteiger partial charge >= 0.3 is 7.82 Å². The van der Waals surface area contributed by atoms with E-state index in [0.29, 0.717) is 24.1 Å². The van der Waals surface area contributed by atoms with Crippen molar-refractivity contribution in [3.63, 3.8) is 0 Å². The standard InChI is InChI=1S/C18H30NO6P/c1-14-12-16(22-2)18(17(13-14)23-3)25-26(20,21)24-11-10-19-15-8-6-4-5-7-9-15/h12-13,15,19H,4-11H2,1-3H3,(H,20,21). The predicted octanol–water partition coefficient (Wildman–Crippen LogP) is 3.82. The number of phosphoric acid groups is 1. The van der Waals surface area contributed by atoms with Crippen LogP contribution in [0.3, 0.4) is 0 Å². The minimum atomic E-state index is -4.29. The van der Waals surface area contributed by atoms with Crippen LogP contribution in [-0.4, -0.2) is 38.3 Å². The molecule has 1 unspecified atom stereocenters. The van der Waals surface area contributed by atoms with Crippen molar-refractivity contribution in [2.75, 3.05) is 27.4 Å². The van der Waals surface area contributed by atoms with Gasteiger partial charge in [-0.3, -0.25) is 9.42 Å². The number of ether oxygens (including phenoxy) is 2. The molecule has 0 aliphatic heterocycles. The van der Waals surface area contributed by atoms with Crippen LogP contribution < -0.4 is 19.3 Å². The van der Waals surface area contributed by atoms with Gasteiger partial charge in [0.1, 0.15) is 0 Å². The second kappa shape index (κ2) is 10.2. The molecule has 1 atom stereocenters. The second-order valence-corrected chi connectivity index (χ2v) is 7.91. The normalized spacial score (nSPS) is 18.0. The average molecular weight is 387 g/mol. The highest BCUT2D eigenvalue weighted by Gasteiger charge is 2.27. The zero-order chi connectivity index (χ0) is 19.0. The highest BCUT2D eigenvalue weighted by Crippen LogP contribution is 2.50. The number of hydrogen-bond donors (Lipinski definition) is 2. The van der Waals surface area contributed by atoms with Gasteiger partial charge in [-0.15, -0.1) is 0 Å². The van der Waals surface area contributed by atoms with Gasteiger partial charge in [0, 0.05) is 12.6 Å². The first-order valence-electron chi connectivity index (χ1n) is 9.08. The molecule has 1 aliphatic rings. The van der Waals surface area contributed by atoms with E-state index < -0.39 is 7.82 Å². The molecular weight excluding hydrogens is 357 g/mol. The monoisotopic (exact) mass is 387 g/mol. The van der Waals surface area contributed by atoms with Crippen LogP contribution >= 0.6 is 7.82 Å². The minimum Gasteiger partial charge on any atom is -0.493 e. The van der Waals surface area contributed by atoms with Crippen LogP contribution in [0.15, 0.2) is 12.1 Å². The summed E-state index contributed by atoms with van der Waals surface area (Å²) in [7, 11) is -1.37. The topological polar surface area (TPSA) is 86.3 Å². The van der Waals surface area contributed by atoms with Crippen molar-refractivity contribution >= 4 is 7.82 Å².